The summed E-state index contributed by atoms with van der Waals surface area (Å²) in [6, 6.07) is 2.85. The van der Waals surface area contributed by atoms with Gasteiger partial charge in [-0.25, -0.2) is 18.7 Å². The van der Waals surface area contributed by atoms with Crippen LogP contribution in [0.1, 0.15) is 6.92 Å². The maximum Gasteiger partial charge on any atom is 0.335 e. The molecule has 0 aliphatic rings. The predicted octanol–water partition coefficient (Wildman–Crippen LogP) is 0.458. The van der Waals surface area contributed by atoms with Crippen LogP contribution < -0.4 is 19.5 Å². The second kappa shape index (κ2) is 9.38. The molecule has 2 aromatic rings. The monoisotopic (exact) mass is 431 g/mol. The fourth-order valence-electron chi connectivity index (χ4n) is 1.84. The maximum atomic E-state index is 12.5. The zero-order chi connectivity index (χ0) is 20.7. The molecule has 0 aliphatic heterocycles. The lowest BCUT2D eigenvalue weighted by molar-refractivity contribution is 0.256. The number of carbonyl (C=O) groups is 1. The van der Waals surface area contributed by atoms with Crippen LogP contribution in [-0.2, 0) is 25.3 Å². The van der Waals surface area contributed by atoms with Gasteiger partial charge in [0.2, 0.25) is 17.7 Å². The second-order valence-corrected chi connectivity index (χ2v) is 7.53. The Balaban J connectivity index is 2.24. The lowest BCUT2D eigenvalue weighted by Gasteiger charge is -2.11. The molecule has 2 heterocycles. The average molecular weight is 431 g/mol. The Labute approximate surface area is 163 Å². The van der Waals surface area contributed by atoms with Gasteiger partial charge in [0.25, 0.3) is 10.0 Å². The lowest BCUT2D eigenvalue weighted by Crippen LogP contribution is -2.36. The average Bonchev–Trinajstić information content (AvgIpc) is 2.67. The third kappa shape index (κ3) is 5.34. The van der Waals surface area contributed by atoms with Crippen molar-refractivity contribution in [2.24, 2.45) is 0 Å². The molecule has 0 radical (unpaired) electrons. The first-order valence-electron chi connectivity index (χ1n) is 7.61. The number of ether oxygens (including phenoxy) is 2. The van der Waals surface area contributed by atoms with Gasteiger partial charge in [-0.3, -0.25) is 9.50 Å². The van der Waals surface area contributed by atoms with E-state index in [4.69, 9.17) is 13.7 Å². The summed E-state index contributed by atoms with van der Waals surface area (Å²) in [5.41, 5.74) is 0. The summed E-state index contributed by atoms with van der Waals surface area (Å²) >= 11 is -2.07. The van der Waals surface area contributed by atoms with E-state index < -0.39 is 32.2 Å². The fraction of sp³-hybridized carbons (Fsp3) is 0.286. The quantitative estimate of drug-likeness (QED) is 0.601. The molecule has 0 aliphatic carbocycles. The fourth-order valence-corrected chi connectivity index (χ4v) is 4.03. The van der Waals surface area contributed by atoms with Crippen molar-refractivity contribution >= 4 is 33.1 Å². The highest BCUT2D eigenvalue weighted by molar-refractivity contribution is 7.90. The highest BCUT2D eigenvalue weighted by atomic mass is 32.2. The van der Waals surface area contributed by atoms with E-state index in [0.717, 1.165) is 0 Å². The third-order valence-corrected chi connectivity index (χ3v) is 5.50. The van der Waals surface area contributed by atoms with Gasteiger partial charge in [-0.1, -0.05) is 0 Å². The first kappa shape index (κ1) is 21.5. The van der Waals surface area contributed by atoms with E-state index in [9.17, 15) is 17.4 Å². The molecule has 0 fully saturated rings. The van der Waals surface area contributed by atoms with Gasteiger partial charge >= 0.3 is 6.03 Å². The van der Waals surface area contributed by atoms with Gasteiger partial charge in [-0.05, 0) is 19.1 Å². The van der Waals surface area contributed by atoms with Crippen LogP contribution in [-0.4, -0.2) is 54.4 Å². The number of nitrogens with zero attached hydrogens (tertiary/aromatic N) is 3. The normalized spacial score (nSPS) is 12.1. The number of carbonyl (C=O) groups excluding carboxylic acids is 1. The summed E-state index contributed by atoms with van der Waals surface area (Å²) in [4.78, 5) is 23.3. The topological polar surface area (TPSA) is 159 Å². The minimum absolute atomic E-state index is 0.0872. The molecule has 1 unspecified atom stereocenters. The number of hydrogen-bond acceptors (Lipinski definition) is 10. The van der Waals surface area contributed by atoms with Crippen molar-refractivity contribution in [1.82, 2.24) is 19.7 Å². The van der Waals surface area contributed by atoms with Crippen LogP contribution in [0.15, 0.2) is 34.3 Å². The molecule has 0 saturated heterocycles. The van der Waals surface area contributed by atoms with Crippen LogP contribution in [0.2, 0.25) is 0 Å². The lowest BCUT2D eigenvalue weighted by atomic mass is 10.5. The molecule has 0 spiro atoms. The van der Waals surface area contributed by atoms with Crippen LogP contribution in [0.5, 0.6) is 11.8 Å². The van der Waals surface area contributed by atoms with E-state index in [2.05, 4.69) is 20.3 Å². The molecule has 2 rings (SSSR count). The summed E-state index contributed by atoms with van der Waals surface area (Å²) in [5, 5.41) is 1.53. The molecule has 2 N–H and O–H groups in total. The van der Waals surface area contributed by atoms with E-state index in [-0.39, 0.29) is 29.2 Å². The van der Waals surface area contributed by atoms with E-state index in [0.29, 0.717) is 0 Å². The number of rotatable bonds is 8. The standard InChI is InChI=1S/C14H17N5O7S2/c1-4-26-27(21)9-6-5-7-15-12(9)28(22,23)19-14(20)18-13-16-10(24-2)8-11(17-13)25-3/h5-8H,4H2,1-3H3,(H2,16,17,18,19,20). The first-order valence-corrected chi connectivity index (χ1v) is 10.2. The Kier molecular flexibility index (Phi) is 7.19. The van der Waals surface area contributed by atoms with Crippen LogP contribution >= 0.6 is 0 Å². The molecular weight excluding hydrogens is 414 g/mol. The van der Waals surface area contributed by atoms with Crippen LogP contribution in [0, 0.1) is 0 Å². The molecule has 2 amide bonds. The smallest absolute Gasteiger partial charge is 0.335 e. The molecule has 0 bridgehead atoms. The number of methoxy groups -OCH3 is 2. The summed E-state index contributed by atoms with van der Waals surface area (Å²) in [6.07, 6.45) is 1.18. The zero-order valence-corrected chi connectivity index (χ0v) is 16.7. The van der Waals surface area contributed by atoms with Crippen molar-refractivity contribution < 1.29 is 31.1 Å². The Morgan fingerprint density at radius 3 is 2.43 bits per heavy atom. The van der Waals surface area contributed by atoms with Crippen molar-refractivity contribution in [2.45, 2.75) is 16.8 Å². The van der Waals surface area contributed by atoms with Gasteiger partial charge in [-0.2, -0.15) is 18.4 Å². The predicted molar refractivity (Wildman–Crippen MR) is 96.7 cm³/mol. The Hall–Kier alpha value is -2.84. The van der Waals surface area contributed by atoms with Crippen molar-refractivity contribution in [1.29, 1.82) is 0 Å². The van der Waals surface area contributed by atoms with Crippen LogP contribution in [0.4, 0.5) is 10.7 Å². The number of aromatic nitrogens is 3. The number of pyridine rings is 1. The van der Waals surface area contributed by atoms with Gasteiger partial charge in [0.05, 0.1) is 26.9 Å². The third-order valence-electron chi connectivity index (χ3n) is 2.95. The van der Waals surface area contributed by atoms with E-state index >= 15 is 0 Å². The summed E-state index contributed by atoms with van der Waals surface area (Å²) in [5.74, 6) is -0.0868. The number of anilines is 1. The summed E-state index contributed by atoms with van der Waals surface area (Å²) in [6.45, 7) is 1.68. The van der Waals surface area contributed by atoms with Gasteiger partial charge in [0, 0.05) is 6.20 Å². The maximum absolute atomic E-state index is 12.5. The zero-order valence-electron chi connectivity index (χ0n) is 15.0. The molecule has 2 aromatic heterocycles. The SMILES string of the molecule is CCOS(=O)c1cccnc1S(=O)(=O)NC(=O)Nc1nc(OC)cc(OC)n1. The van der Waals surface area contributed by atoms with E-state index in [1.165, 1.54) is 38.6 Å². The number of sulfonamides is 1. The van der Waals surface area contributed by atoms with Crippen molar-refractivity contribution in [3.63, 3.8) is 0 Å². The van der Waals surface area contributed by atoms with Crippen LogP contribution in [0.3, 0.4) is 0 Å². The number of amides is 2. The van der Waals surface area contributed by atoms with Gasteiger partial charge < -0.3 is 9.47 Å². The molecular formula is C14H17N5O7S2. The minimum atomic E-state index is -4.47. The largest absolute Gasteiger partial charge is 0.481 e. The molecule has 0 aromatic carbocycles. The summed E-state index contributed by atoms with van der Waals surface area (Å²) < 4.78 is 53.5. The number of hydrogen-bond donors (Lipinski definition) is 2. The highest BCUT2D eigenvalue weighted by Crippen LogP contribution is 2.19. The Bertz CT molecular complexity index is 962. The van der Waals surface area contributed by atoms with E-state index in [1.54, 1.807) is 11.6 Å². The van der Waals surface area contributed by atoms with E-state index in [1.807, 2.05) is 0 Å². The number of urea groups is 1. The molecule has 1 atom stereocenters. The highest BCUT2D eigenvalue weighted by Gasteiger charge is 2.26. The Morgan fingerprint density at radius 2 is 1.86 bits per heavy atom. The van der Waals surface area contributed by atoms with Crippen LogP contribution in [0.25, 0.3) is 0 Å². The van der Waals surface area contributed by atoms with Gasteiger partial charge in [-0.15, -0.1) is 0 Å². The molecule has 28 heavy (non-hydrogen) atoms. The second-order valence-electron chi connectivity index (χ2n) is 4.78. The van der Waals surface area contributed by atoms with Crippen molar-refractivity contribution in [3.8, 4) is 11.8 Å². The molecule has 0 saturated carbocycles. The molecule has 152 valence electrons. The van der Waals surface area contributed by atoms with Crippen molar-refractivity contribution in [2.75, 3.05) is 26.1 Å². The number of nitrogens with one attached hydrogen (secondary N) is 2. The van der Waals surface area contributed by atoms with Gasteiger partial charge in [0.15, 0.2) is 16.1 Å². The molecule has 12 nitrogen and oxygen atoms in total. The minimum Gasteiger partial charge on any atom is -0.481 e. The Morgan fingerprint density at radius 1 is 1.21 bits per heavy atom. The molecule has 14 heteroatoms. The summed E-state index contributed by atoms with van der Waals surface area (Å²) in [7, 11) is -1.78. The first-order chi connectivity index (χ1) is 13.3. The van der Waals surface area contributed by atoms with Gasteiger partial charge in [0.1, 0.15) is 4.90 Å². The van der Waals surface area contributed by atoms with Crippen molar-refractivity contribution in [3.05, 3.63) is 24.4 Å².